The van der Waals surface area contributed by atoms with Gasteiger partial charge in [0, 0.05) is 11.3 Å². The average molecular weight is 299 g/mol. The Labute approximate surface area is 119 Å². The number of hydrogen-bond donors (Lipinski definition) is 1. The molecule has 1 aromatic heterocycles. The molecule has 3 nitrogen and oxygen atoms in total. The molecule has 0 aliphatic heterocycles. The first-order valence-corrected chi connectivity index (χ1v) is 6.12. The fourth-order valence-electron chi connectivity index (χ4n) is 1.55. The minimum absolute atomic E-state index is 0.206. The summed E-state index contributed by atoms with van der Waals surface area (Å²) in [6.07, 6.45) is 0. The Bertz CT molecular complexity index is 626. The topological polar surface area (TPSA) is 42.0 Å². The number of pyridine rings is 1. The SMILES string of the molecule is Cc1cc(C(=O)Nc2cc(F)ccc2Cl)cc(Cl)n1. The van der Waals surface area contributed by atoms with Gasteiger partial charge in [-0.15, -0.1) is 0 Å². The van der Waals surface area contributed by atoms with E-state index in [1.807, 2.05) is 0 Å². The van der Waals surface area contributed by atoms with E-state index in [4.69, 9.17) is 23.2 Å². The van der Waals surface area contributed by atoms with Gasteiger partial charge in [0.15, 0.2) is 0 Å². The lowest BCUT2D eigenvalue weighted by molar-refractivity contribution is 0.102. The van der Waals surface area contributed by atoms with Crippen molar-refractivity contribution in [1.29, 1.82) is 0 Å². The highest BCUT2D eigenvalue weighted by molar-refractivity contribution is 6.34. The summed E-state index contributed by atoms with van der Waals surface area (Å²) >= 11 is 11.6. The van der Waals surface area contributed by atoms with Crippen LogP contribution < -0.4 is 5.32 Å². The number of rotatable bonds is 2. The molecule has 1 N–H and O–H groups in total. The van der Waals surface area contributed by atoms with Crippen molar-refractivity contribution in [2.45, 2.75) is 6.92 Å². The number of aryl methyl sites for hydroxylation is 1. The highest BCUT2D eigenvalue weighted by Crippen LogP contribution is 2.23. The van der Waals surface area contributed by atoms with Crippen LogP contribution in [-0.4, -0.2) is 10.9 Å². The van der Waals surface area contributed by atoms with Crippen LogP contribution in [0.5, 0.6) is 0 Å². The molecule has 0 saturated carbocycles. The minimum atomic E-state index is -0.483. The van der Waals surface area contributed by atoms with Crippen molar-refractivity contribution >= 4 is 34.8 Å². The van der Waals surface area contributed by atoms with E-state index in [2.05, 4.69) is 10.3 Å². The number of hydrogen-bond acceptors (Lipinski definition) is 2. The Morgan fingerprint density at radius 3 is 2.68 bits per heavy atom. The molecule has 2 rings (SSSR count). The number of nitrogens with zero attached hydrogens (tertiary/aromatic N) is 1. The van der Waals surface area contributed by atoms with E-state index >= 15 is 0 Å². The zero-order chi connectivity index (χ0) is 14.0. The van der Waals surface area contributed by atoms with Crippen molar-refractivity contribution in [2.24, 2.45) is 0 Å². The van der Waals surface area contributed by atoms with Gasteiger partial charge in [0.2, 0.25) is 0 Å². The summed E-state index contributed by atoms with van der Waals surface area (Å²) in [6, 6.07) is 6.74. The summed E-state index contributed by atoms with van der Waals surface area (Å²) in [5.74, 6) is -0.913. The van der Waals surface area contributed by atoms with Gasteiger partial charge in [0.1, 0.15) is 11.0 Å². The lowest BCUT2D eigenvalue weighted by atomic mass is 10.2. The fraction of sp³-hybridized carbons (Fsp3) is 0.0769. The number of nitrogens with one attached hydrogen (secondary N) is 1. The third kappa shape index (κ3) is 3.43. The molecule has 1 amide bonds. The van der Waals surface area contributed by atoms with Crippen LogP contribution in [-0.2, 0) is 0 Å². The minimum Gasteiger partial charge on any atom is -0.321 e. The second-order valence-electron chi connectivity index (χ2n) is 3.90. The molecule has 0 aliphatic rings. The van der Waals surface area contributed by atoms with Gasteiger partial charge in [-0.05, 0) is 37.3 Å². The molecule has 0 bridgehead atoms. The molecule has 0 atom stereocenters. The van der Waals surface area contributed by atoms with Crippen LogP contribution in [0.2, 0.25) is 10.2 Å². The first kappa shape index (κ1) is 13.8. The average Bonchev–Trinajstić information content (AvgIpc) is 2.32. The Hall–Kier alpha value is -1.65. The molecule has 98 valence electrons. The van der Waals surface area contributed by atoms with Crippen LogP contribution in [0.4, 0.5) is 10.1 Å². The molecule has 1 heterocycles. The lowest BCUT2D eigenvalue weighted by Gasteiger charge is -2.08. The summed E-state index contributed by atoms with van der Waals surface area (Å²) in [4.78, 5) is 16.0. The van der Waals surface area contributed by atoms with Gasteiger partial charge in [0.25, 0.3) is 5.91 Å². The first-order chi connectivity index (χ1) is 8.95. The van der Waals surface area contributed by atoms with Crippen LogP contribution in [0, 0.1) is 12.7 Å². The van der Waals surface area contributed by atoms with Crippen molar-refractivity contribution < 1.29 is 9.18 Å². The second kappa shape index (κ2) is 5.55. The van der Waals surface area contributed by atoms with Gasteiger partial charge < -0.3 is 5.32 Å². The van der Waals surface area contributed by atoms with Gasteiger partial charge in [0.05, 0.1) is 10.7 Å². The van der Waals surface area contributed by atoms with Crippen LogP contribution in [0.15, 0.2) is 30.3 Å². The number of carbonyl (C=O) groups is 1. The summed E-state index contributed by atoms with van der Waals surface area (Å²) in [5.41, 5.74) is 1.15. The molecular weight excluding hydrogens is 290 g/mol. The second-order valence-corrected chi connectivity index (χ2v) is 4.69. The molecule has 1 aromatic carbocycles. The Morgan fingerprint density at radius 2 is 2.00 bits per heavy atom. The largest absolute Gasteiger partial charge is 0.321 e. The normalized spacial score (nSPS) is 10.3. The number of carbonyl (C=O) groups excluding carboxylic acids is 1. The van der Waals surface area contributed by atoms with Crippen molar-refractivity contribution in [2.75, 3.05) is 5.32 Å². The van der Waals surface area contributed by atoms with Crippen molar-refractivity contribution in [3.8, 4) is 0 Å². The van der Waals surface area contributed by atoms with E-state index in [-0.39, 0.29) is 15.9 Å². The third-order valence-electron chi connectivity index (χ3n) is 2.36. The molecule has 0 aliphatic carbocycles. The Balaban J connectivity index is 2.28. The summed E-state index contributed by atoms with van der Waals surface area (Å²) in [7, 11) is 0. The van der Waals surface area contributed by atoms with Gasteiger partial charge >= 0.3 is 0 Å². The van der Waals surface area contributed by atoms with Gasteiger partial charge in [-0.2, -0.15) is 0 Å². The highest BCUT2D eigenvalue weighted by atomic mass is 35.5. The predicted molar refractivity (Wildman–Crippen MR) is 73.3 cm³/mol. The first-order valence-electron chi connectivity index (χ1n) is 5.36. The highest BCUT2D eigenvalue weighted by Gasteiger charge is 2.11. The molecule has 2 aromatic rings. The monoisotopic (exact) mass is 298 g/mol. The fourth-order valence-corrected chi connectivity index (χ4v) is 1.96. The molecule has 0 spiro atoms. The molecule has 6 heteroatoms. The van der Waals surface area contributed by atoms with Crippen LogP contribution in [0.3, 0.4) is 0 Å². The maximum atomic E-state index is 13.1. The van der Waals surface area contributed by atoms with E-state index in [9.17, 15) is 9.18 Å². The lowest BCUT2D eigenvalue weighted by Crippen LogP contribution is -2.13. The van der Waals surface area contributed by atoms with E-state index in [0.717, 1.165) is 6.07 Å². The van der Waals surface area contributed by atoms with E-state index < -0.39 is 11.7 Å². The summed E-state index contributed by atoms with van der Waals surface area (Å²) in [6.45, 7) is 1.72. The van der Waals surface area contributed by atoms with Crippen molar-refractivity contribution in [3.63, 3.8) is 0 Å². The molecule has 0 unspecified atom stereocenters. The number of aromatic nitrogens is 1. The Morgan fingerprint density at radius 1 is 1.26 bits per heavy atom. The van der Waals surface area contributed by atoms with Crippen LogP contribution in [0.1, 0.15) is 16.1 Å². The number of amides is 1. The van der Waals surface area contributed by atoms with E-state index in [0.29, 0.717) is 11.3 Å². The molecule has 0 radical (unpaired) electrons. The van der Waals surface area contributed by atoms with Crippen LogP contribution in [0.25, 0.3) is 0 Å². The van der Waals surface area contributed by atoms with E-state index in [1.165, 1.54) is 18.2 Å². The van der Waals surface area contributed by atoms with Crippen LogP contribution >= 0.6 is 23.2 Å². The third-order valence-corrected chi connectivity index (χ3v) is 2.88. The number of anilines is 1. The Kier molecular flexibility index (Phi) is 4.02. The van der Waals surface area contributed by atoms with Gasteiger partial charge in [-0.25, -0.2) is 9.37 Å². The zero-order valence-corrected chi connectivity index (χ0v) is 11.4. The molecule has 0 fully saturated rings. The molecule has 0 saturated heterocycles. The summed E-state index contributed by atoms with van der Waals surface area (Å²) in [5, 5.41) is 3.00. The van der Waals surface area contributed by atoms with Crippen molar-refractivity contribution in [3.05, 3.63) is 57.6 Å². The van der Waals surface area contributed by atoms with Crippen molar-refractivity contribution in [1.82, 2.24) is 4.98 Å². The molecular formula is C13H9Cl2FN2O. The zero-order valence-electron chi connectivity index (χ0n) is 9.88. The summed E-state index contributed by atoms with van der Waals surface area (Å²) < 4.78 is 13.1. The standard InChI is InChI=1S/C13H9Cl2FN2O/c1-7-4-8(5-12(15)17-7)13(19)18-11-6-9(16)2-3-10(11)14/h2-6H,1H3,(H,18,19). The number of benzene rings is 1. The van der Waals surface area contributed by atoms with E-state index in [1.54, 1.807) is 13.0 Å². The molecule has 19 heavy (non-hydrogen) atoms. The van der Waals surface area contributed by atoms with Gasteiger partial charge in [-0.3, -0.25) is 4.79 Å². The number of halogens is 3. The maximum absolute atomic E-state index is 13.1. The quantitative estimate of drug-likeness (QED) is 0.849. The predicted octanol–water partition coefficient (Wildman–Crippen LogP) is 4.09. The maximum Gasteiger partial charge on any atom is 0.255 e. The van der Waals surface area contributed by atoms with Gasteiger partial charge in [-0.1, -0.05) is 23.2 Å². The smallest absolute Gasteiger partial charge is 0.255 e.